The van der Waals surface area contributed by atoms with Crippen molar-refractivity contribution < 1.29 is 17.7 Å². The number of hydrogen-bond acceptors (Lipinski definition) is 6. The van der Waals surface area contributed by atoms with Crippen molar-refractivity contribution in [1.29, 1.82) is 0 Å². The molecule has 0 amide bonds. The van der Waals surface area contributed by atoms with E-state index in [1.165, 1.54) is 5.56 Å². The van der Waals surface area contributed by atoms with Crippen LogP contribution in [0.4, 0.5) is 0 Å². The number of aromatic nitrogens is 3. The van der Waals surface area contributed by atoms with Crippen LogP contribution in [0.25, 0.3) is 33.3 Å². The van der Waals surface area contributed by atoms with Gasteiger partial charge in [0.05, 0.1) is 18.7 Å². The zero-order chi connectivity index (χ0) is 27.9. The van der Waals surface area contributed by atoms with Gasteiger partial charge in [-0.15, -0.1) is 11.3 Å². The molecule has 0 aliphatic rings. The highest BCUT2D eigenvalue weighted by atomic mass is 32.3. The van der Waals surface area contributed by atoms with Gasteiger partial charge in [-0.05, 0) is 63.4 Å². The molecule has 3 heterocycles. The third kappa shape index (κ3) is 5.53. The summed E-state index contributed by atoms with van der Waals surface area (Å²) < 4.78 is 41.8. The minimum absolute atomic E-state index is 0.0511. The molecule has 0 saturated carbocycles. The van der Waals surface area contributed by atoms with Gasteiger partial charge in [0, 0.05) is 39.4 Å². The number of rotatable bonds is 8. The first-order chi connectivity index (χ1) is 18.5. The Bertz CT molecular complexity index is 1790. The number of nitrogens with zero attached hydrogens (tertiary/aromatic N) is 3. The zero-order valence-corrected chi connectivity index (χ0v) is 24.3. The van der Waals surface area contributed by atoms with Gasteiger partial charge in [0.1, 0.15) is 5.69 Å². The van der Waals surface area contributed by atoms with E-state index in [2.05, 4.69) is 37.3 Å². The Balaban J connectivity index is 1.62. The Labute approximate surface area is 232 Å². The predicted octanol–water partition coefficient (Wildman–Crippen LogP) is 6.89. The molecule has 7 nitrogen and oxygen atoms in total. The maximum Gasteiger partial charge on any atom is 0.304 e. The molecule has 3 aromatic heterocycles. The second kappa shape index (κ2) is 10.7. The fourth-order valence-electron chi connectivity index (χ4n) is 4.95. The normalized spacial score (nSPS) is 11.9. The predicted molar refractivity (Wildman–Crippen MR) is 156 cm³/mol. The fourth-order valence-corrected chi connectivity index (χ4v) is 6.96. The number of pyridine rings is 1. The number of fused-ring (bicyclic) bond motifs is 1. The molecule has 39 heavy (non-hydrogen) atoms. The van der Waals surface area contributed by atoms with E-state index < -0.39 is 10.1 Å². The molecule has 2 aromatic carbocycles. The van der Waals surface area contributed by atoms with Gasteiger partial charge in [0.25, 0.3) is 0 Å². The molecular formula is C30H31N3O4S2. The van der Waals surface area contributed by atoms with E-state index in [0.29, 0.717) is 25.3 Å². The van der Waals surface area contributed by atoms with E-state index >= 15 is 0 Å². The highest BCUT2D eigenvalue weighted by Gasteiger charge is 2.23. The third-order valence-corrected chi connectivity index (χ3v) is 9.09. The van der Waals surface area contributed by atoms with Gasteiger partial charge in [0.2, 0.25) is 0 Å². The highest BCUT2D eigenvalue weighted by molar-refractivity contribution is 7.88. The summed E-state index contributed by atoms with van der Waals surface area (Å²) in [6.07, 6.45) is 0. The molecule has 0 radical (unpaired) electrons. The van der Waals surface area contributed by atoms with E-state index in [4.69, 9.17) is 14.8 Å². The molecule has 5 rings (SSSR count). The number of thiophene rings is 1. The molecule has 0 spiro atoms. The quantitative estimate of drug-likeness (QED) is 0.207. The Morgan fingerprint density at radius 1 is 0.974 bits per heavy atom. The monoisotopic (exact) mass is 561 g/mol. The van der Waals surface area contributed by atoms with Gasteiger partial charge in [0.15, 0.2) is 4.21 Å². The van der Waals surface area contributed by atoms with Gasteiger partial charge in [-0.3, -0.25) is 14.2 Å². The number of aryl methyl sites for hydroxylation is 4. The molecule has 0 aliphatic carbocycles. The Kier molecular flexibility index (Phi) is 7.43. The van der Waals surface area contributed by atoms with Gasteiger partial charge in [-0.1, -0.05) is 48.0 Å². The van der Waals surface area contributed by atoms with Crippen LogP contribution < -0.4 is 0 Å². The van der Waals surface area contributed by atoms with Crippen molar-refractivity contribution in [3.05, 3.63) is 87.6 Å². The second-order valence-corrected chi connectivity index (χ2v) is 12.7. The summed E-state index contributed by atoms with van der Waals surface area (Å²) in [7, 11) is -4.36. The van der Waals surface area contributed by atoms with Crippen molar-refractivity contribution >= 4 is 32.4 Å². The van der Waals surface area contributed by atoms with Crippen LogP contribution in [0.1, 0.15) is 39.9 Å². The topological polar surface area (TPSA) is 94.3 Å². The van der Waals surface area contributed by atoms with Crippen molar-refractivity contribution in [3.63, 3.8) is 0 Å². The first-order valence-electron chi connectivity index (χ1n) is 12.7. The molecule has 0 bridgehead atoms. The molecule has 5 aromatic rings. The lowest BCUT2D eigenvalue weighted by molar-refractivity contribution is 0.134. The smallest absolute Gasteiger partial charge is 0.304 e. The van der Waals surface area contributed by atoms with Crippen molar-refractivity contribution in [2.75, 3.05) is 6.61 Å². The number of hydrogen-bond donors (Lipinski definition) is 1. The average molecular weight is 562 g/mol. The van der Waals surface area contributed by atoms with Gasteiger partial charge < -0.3 is 4.74 Å². The number of ether oxygens (including phenoxy) is 1. The van der Waals surface area contributed by atoms with Crippen molar-refractivity contribution in [1.82, 2.24) is 14.8 Å². The van der Waals surface area contributed by atoms with Gasteiger partial charge in [-0.25, -0.2) is 0 Å². The molecule has 202 valence electrons. The second-order valence-electron chi connectivity index (χ2n) is 9.78. The number of benzene rings is 2. The molecule has 0 unspecified atom stereocenters. The third-order valence-electron chi connectivity index (χ3n) is 6.68. The largest absolute Gasteiger partial charge is 0.377 e. The van der Waals surface area contributed by atoms with Gasteiger partial charge >= 0.3 is 10.1 Å². The Hall–Kier alpha value is -3.37. The van der Waals surface area contributed by atoms with E-state index in [0.717, 1.165) is 66.5 Å². The van der Waals surface area contributed by atoms with Crippen LogP contribution in [0.3, 0.4) is 0 Å². The Morgan fingerprint density at radius 2 is 1.72 bits per heavy atom. The van der Waals surface area contributed by atoms with Crippen LogP contribution in [0.5, 0.6) is 0 Å². The minimum Gasteiger partial charge on any atom is -0.377 e. The van der Waals surface area contributed by atoms with E-state index in [1.807, 2.05) is 50.6 Å². The first kappa shape index (κ1) is 27.2. The lowest BCUT2D eigenvalue weighted by Crippen LogP contribution is -2.05. The summed E-state index contributed by atoms with van der Waals surface area (Å²) in [5.74, 6) is 0. The molecule has 0 aliphatic heterocycles. The van der Waals surface area contributed by atoms with E-state index in [1.54, 1.807) is 6.07 Å². The highest BCUT2D eigenvalue weighted by Crippen LogP contribution is 2.38. The van der Waals surface area contributed by atoms with Crippen LogP contribution >= 0.6 is 11.3 Å². The maximum absolute atomic E-state index is 12.1. The molecular weight excluding hydrogens is 530 g/mol. The summed E-state index contributed by atoms with van der Waals surface area (Å²) in [6.45, 7) is 11.2. The molecule has 9 heteroatoms. The van der Waals surface area contributed by atoms with E-state index in [9.17, 15) is 13.0 Å². The summed E-state index contributed by atoms with van der Waals surface area (Å²) in [5.41, 5.74) is 9.06. The maximum atomic E-state index is 12.1. The molecule has 0 saturated heterocycles. The summed E-state index contributed by atoms with van der Waals surface area (Å²) in [6, 6.07) is 18.1. The molecule has 0 atom stereocenters. The fraction of sp³-hybridized carbons (Fsp3) is 0.267. The Morgan fingerprint density at radius 3 is 2.41 bits per heavy atom. The zero-order valence-electron chi connectivity index (χ0n) is 22.6. The lowest BCUT2D eigenvalue weighted by Gasteiger charge is -2.13. The van der Waals surface area contributed by atoms with Crippen molar-refractivity contribution in [2.45, 2.75) is 52.0 Å². The van der Waals surface area contributed by atoms with Crippen LogP contribution in [0, 0.1) is 27.7 Å². The van der Waals surface area contributed by atoms with Crippen molar-refractivity contribution in [3.8, 4) is 22.4 Å². The van der Waals surface area contributed by atoms with Crippen LogP contribution in [0.15, 0.2) is 58.8 Å². The van der Waals surface area contributed by atoms with Gasteiger partial charge in [-0.2, -0.15) is 13.5 Å². The van der Waals surface area contributed by atoms with Crippen LogP contribution in [-0.4, -0.2) is 34.3 Å². The van der Waals surface area contributed by atoms with Crippen LogP contribution in [0.2, 0.25) is 0 Å². The minimum atomic E-state index is -4.36. The summed E-state index contributed by atoms with van der Waals surface area (Å²) in [4.78, 5) is 5.51. The summed E-state index contributed by atoms with van der Waals surface area (Å²) >= 11 is 1.06. The lowest BCUT2D eigenvalue weighted by atomic mass is 9.99. The first-order valence-corrected chi connectivity index (χ1v) is 15.0. The average Bonchev–Trinajstić information content (AvgIpc) is 3.44. The van der Waals surface area contributed by atoms with Crippen molar-refractivity contribution in [2.24, 2.45) is 0 Å². The standard InChI is InChI=1S/C30H31N3O4S2/c1-6-37-17-24-15-22(9-12-25(24)26-14-20(4)38-30(26)39(34,35)36)16-33-27-13-19(3)31-21(5)28(27)29(32-33)23-10-7-18(2)8-11-23/h7-15H,6,16-17H2,1-5H3,(H,34,35,36). The molecule has 1 N–H and O–H groups in total. The van der Waals surface area contributed by atoms with Crippen LogP contribution in [-0.2, 0) is 28.0 Å². The SMILES string of the molecule is CCOCc1cc(Cn2nc(-c3ccc(C)cc3)c3c(C)nc(C)cc32)ccc1-c1cc(C)sc1S(=O)(=O)O. The summed E-state index contributed by atoms with van der Waals surface area (Å²) in [5, 5.41) is 6.07. The molecule has 0 fully saturated rings. The van der Waals surface area contributed by atoms with E-state index in [-0.39, 0.29) is 4.21 Å².